The Balaban J connectivity index is 2.35. The van der Waals surface area contributed by atoms with Crippen molar-refractivity contribution in [2.75, 3.05) is 11.9 Å². The highest BCUT2D eigenvalue weighted by Crippen LogP contribution is 2.26. The molecule has 0 atom stereocenters. The molecule has 1 heterocycles. The van der Waals surface area contributed by atoms with E-state index in [1.165, 1.54) is 0 Å². The molecule has 3 nitrogen and oxygen atoms in total. The zero-order valence-corrected chi connectivity index (χ0v) is 11.1. The fourth-order valence-electron chi connectivity index (χ4n) is 1.95. The number of rotatable bonds is 5. The number of nitriles is 1. The van der Waals surface area contributed by atoms with Crippen molar-refractivity contribution in [2.45, 2.75) is 19.8 Å². The molecule has 0 aliphatic rings. The van der Waals surface area contributed by atoms with Gasteiger partial charge in [-0.2, -0.15) is 5.26 Å². The van der Waals surface area contributed by atoms with Gasteiger partial charge in [0, 0.05) is 18.3 Å². The van der Waals surface area contributed by atoms with Crippen LogP contribution in [-0.2, 0) is 0 Å². The average molecular weight is 251 g/mol. The predicted octanol–water partition coefficient (Wildman–Crippen LogP) is 3.83. The number of pyridine rings is 1. The first-order valence-electron chi connectivity index (χ1n) is 6.55. The average Bonchev–Trinajstić information content (AvgIpc) is 2.48. The Hall–Kier alpha value is -2.34. The summed E-state index contributed by atoms with van der Waals surface area (Å²) in [6.07, 6.45) is 3.94. The van der Waals surface area contributed by atoms with E-state index in [9.17, 15) is 5.26 Å². The number of nitrogens with zero attached hydrogens (tertiary/aromatic N) is 2. The molecule has 19 heavy (non-hydrogen) atoms. The van der Waals surface area contributed by atoms with E-state index in [0.717, 1.165) is 30.5 Å². The number of anilines is 1. The van der Waals surface area contributed by atoms with Crippen LogP contribution in [0.3, 0.4) is 0 Å². The van der Waals surface area contributed by atoms with Crippen molar-refractivity contribution in [1.29, 1.82) is 5.26 Å². The predicted molar refractivity (Wildman–Crippen MR) is 77.8 cm³/mol. The minimum Gasteiger partial charge on any atom is -0.369 e. The molecule has 0 amide bonds. The SMILES string of the molecule is CCCCNc1nccc(-c2ccccc2)c1C#N. The molecule has 0 spiro atoms. The van der Waals surface area contributed by atoms with Gasteiger partial charge in [0.15, 0.2) is 0 Å². The van der Waals surface area contributed by atoms with E-state index >= 15 is 0 Å². The maximum Gasteiger partial charge on any atom is 0.144 e. The number of unbranched alkanes of at least 4 members (excludes halogenated alkanes) is 1. The van der Waals surface area contributed by atoms with Gasteiger partial charge in [-0.15, -0.1) is 0 Å². The molecule has 0 aliphatic heterocycles. The van der Waals surface area contributed by atoms with Crippen LogP contribution in [0.2, 0.25) is 0 Å². The van der Waals surface area contributed by atoms with E-state index in [2.05, 4.69) is 23.3 Å². The third-order valence-electron chi connectivity index (χ3n) is 2.97. The summed E-state index contributed by atoms with van der Waals surface area (Å²) < 4.78 is 0. The molecule has 2 aromatic rings. The summed E-state index contributed by atoms with van der Waals surface area (Å²) in [4.78, 5) is 4.27. The van der Waals surface area contributed by atoms with Crippen molar-refractivity contribution < 1.29 is 0 Å². The monoisotopic (exact) mass is 251 g/mol. The summed E-state index contributed by atoms with van der Waals surface area (Å²) in [5.74, 6) is 0.678. The molecule has 0 radical (unpaired) electrons. The van der Waals surface area contributed by atoms with Crippen LogP contribution in [0.25, 0.3) is 11.1 Å². The van der Waals surface area contributed by atoms with Gasteiger partial charge >= 0.3 is 0 Å². The molecule has 0 saturated heterocycles. The number of aromatic nitrogens is 1. The summed E-state index contributed by atoms with van der Waals surface area (Å²) in [6.45, 7) is 2.98. The van der Waals surface area contributed by atoms with Crippen LogP contribution in [0.15, 0.2) is 42.6 Å². The van der Waals surface area contributed by atoms with Crippen molar-refractivity contribution in [3.63, 3.8) is 0 Å². The lowest BCUT2D eigenvalue weighted by atomic mass is 10.0. The van der Waals surface area contributed by atoms with Crippen LogP contribution in [0.1, 0.15) is 25.3 Å². The molecule has 0 bridgehead atoms. The highest BCUT2D eigenvalue weighted by molar-refractivity contribution is 5.75. The van der Waals surface area contributed by atoms with Crippen LogP contribution in [0, 0.1) is 11.3 Å². The Morgan fingerprint density at radius 1 is 1.21 bits per heavy atom. The molecule has 1 aromatic heterocycles. The summed E-state index contributed by atoms with van der Waals surface area (Å²) >= 11 is 0. The zero-order valence-electron chi connectivity index (χ0n) is 11.1. The fraction of sp³-hybridized carbons (Fsp3) is 0.250. The first-order valence-corrected chi connectivity index (χ1v) is 6.55. The Morgan fingerprint density at radius 2 is 2.00 bits per heavy atom. The van der Waals surface area contributed by atoms with Gasteiger partial charge in [0.25, 0.3) is 0 Å². The number of benzene rings is 1. The van der Waals surface area contributed by atoms with Gasteiger partial charge < -0.3 is 5.32 Å². The van der Waals surface area contributed by atoms with Gasteiger partial charge in [-0.05, 0) is 18.1 Å². The fourth-order valence-corrected chi connectivity index (χ4v) is 1.95. The smallest absolute Gasteiger partial charge is 0.144 e. The van der Waals surface area contributed by atoms with E-state index in [4.69, 9.17) is 0 Å². The summed E-state index contributed by atoms with van der Waals surface area (Å²) in [6, 6.07) is 14.1. The first-order chi connectivity index (χ1) is 9.36. The minimum atomic E-state index is 0.616. The lowest BCUT2D eigenvalue weighted by Gasteiger charge is -2.10. The second kappa shape index (κ2) is 6.55. The second-order valence-electron chi connectivity index (χ2n) is 4.34. The zero-order chi connectivity index (χ0) is 13.5. The van der Waals surface area contributed by atoms with E-state index in [0.29, 0.717) is 11.4 Å². The molecule has 96 valence electrons. The highest BCUT2D eigenvalue weighted by atomic mass is 15.0. The van der Waals surface area contributed by atoms with Gasteiger partial charge in [0.2, 0.25) is 0 Å². The number of hydrogen-bond acceptors (Lipinski definition) is 3. The Bertz CT molecular complexity index is 570. The van der Waals surface area contributed by atoms with Gasteiger partial charge in [-0.1, -0.05) is 43.7 Å². The molecule has 0 fully saturated rings. The van der Waals surface area contributed by atoms with Crippen LogP contribution in [0.5, 0.6) is 0 Å². The quantitative estimate of drug-likeness (QED) is 0.821. The first kappa shape index (κ1) is 13.1. The highest BCUT2D eigenvalue weighted by Gasteiger charge is 2.10. The molecule has 1 aromatic carbocycles. The van der Waals surface area contributed by atoms with Gasteiger partial charge in [-0.25, -0.2) is 4.98 Å². The molecule has 1 N–H and O–H groups in total. The lowest BCUT2D eigenvalue weighted by molar-refractivity contribution is 0.831. The molecular formula is C16H17N3. The molecular weight excluding hydrogens is 234 g/mol. The summed E-state index contributed by atoms with van der Waals surface area (Å²) in [5, 5.41) is 12.6. The Labute approximate surface area is 113 Å². The largest absolute Gasteiger partial charge is 0.369 e. The maximum absolute atomic E-state index is 9.39. The maximum atomic E-state index is 9.39. The van der Waals surface area contributed by atoms with Crippen molar-refractivity contribution in [1.82, 2.24) is 4.98 Å². The van der Waals surface area contributed by atoms with Crippen LogP contribution in [-0.4, -0.2) is 11.5 Å². The third kappa shape index (κ3) is 3.11. The lowest BCUT2D eigenvalue weighted by Crippen LogP contribution is -2.05. The van der Waals surface area contributed by atoms with E-state index in [1.807, 2.05) is 36.4 Å². The van der Waals surface area contributed by atoms with Crippen molar-refractivity contribution in [2.24, 2.45) is 0 Å². The summed E-state index contributed by atoms with van der Waals surface area (Å²) in [7, 11) is 0. The van der Waals surface area contributed by atoms with Crippen LogP contribution in [0.4, 0.5) is 5.82 Å². The van der Waals surface area contributed by atoms with Crippen LogP contribution < -0.4 is 5.32 Å². The minimum absolute atomic E-state index is 0.616. The van der Waals surface area contributed by atoms with Gasteiger partial charge in [0.05, 0.1) is 0 Å². The standard InChI is InChI=1S/C16H17N3/c1-2-3-10-18-16-15(12-17)14(9-11-19-16)13-7-5-4-6-8-13/h4-9,11H,2-3,10H2,1H3,(H,18,19). The molecule has 0 aliphatic carbocycles. The second-order valence-corrected chi connectivity index (χ2v) is 4.34. The van der Waals surface area contributed by atoms with Gasteiger partial charge in [-0.3, -0.25) is 0 Å². The third-order valence-corrected chi connectivity index (χ3v) is 2.97. The Morgan fingerprint density at radius 3 is 2.68 bits per heavy atom. The van der Waals surface area contributed by atoms with E-state index < -0.39 is 0 Å². The number of nitrogens with one attached hydrogen (secondary N) is 1. The van der Waals surface area contributed by atoms with Crippen molar-refractivity contribution in [3.05, 3.63) is 48.2 Å². The normalized spacial score (nSPS) is 9.89. The molecule has 3 heteroatoms. The topological polar surface area (TPSA) is 48.7 Å². The molecule has 0 unspecified atom stereocenters. The number of hydrogen-bond donors (Lipinski definition) is 1. The molecule has 0 saturated carbocycles. The summed E-state index contributed by atoms with van der Waals surface area (Å²) in [5.41, 5.74) is 2.59. The molecule has 2 rings (SSSR count). The van der Waals surface area contributed by atoms with E-state index in [1.54, 1.807) is 6.20 Å². The van der Waals surface area contributed by atoms with E-state index in [-0.39, 0.29) is 0 Å². The van der Waals surface area contributed by atoms with Crippen molar-refractivity contribution >= 4 is 5.82 Å². The van der Waals surface area contributed by atoms with Crippen molar-refractivity contribution in [3.8, 4) is 17.2 Å². The Kier molecular flexibility index (Phi) is 4.52. The van der Waals surface area contributed by atoms with Crippen LogP contribution >= 0.6 is 0 Å². The van der Waals surface area contributed by atoms with Gasteiger partial charge in [0.1, 0.15) is 17.5 Å².